The Labute approximate surface area is 139 Å². The summed E-state index contributed by atoms with van der Waals surface area (Å²) in [4.78, 5) is 24.1. The smallest absolute Gasteiger partial charge is 0.255 e. The largest absolute Gasteiger partial charge is 0.493 e. The number of amides is 2. The number of para-hydroxylation sites is 2. The number of rotatable bonds is 6. The monoisotopic (exact) mass is 330 g/mol. The average Bonchev–Trinajstić information content (AvgIpc) is 2.57. The SMILES string of the molecule is CCOc1ccccc1C(=O)NCC(=O)Nc1c(C)cccc1F. The van der Waals surface area contributed by atoms with E-state index in [9.17, 15) is 14.0 Å². The van der Waals surface area contributed by atoms with Crippen LogP contribution in [-0.4, -0.2) is 25.0 Å². The van der Waals surface area contributed by atoms with Crippen molar-refractivity contribution in [1.29, 1.82) is 0 Å². The predicted octanol–water partition coefficient (Wildman–Crippen LogP) is 2.90. The van der Waals surface area contributed by atoms with Crippen molar-refractivity contribution in [2.24, 2.45) is 0 Å². The van der Waals surface area contributed by atoms with Gasteiger partial charge in [-0.25, -0.2) is 4.39 Å². The minimum atomic E-state index is -0.517. The van der Waals surface area contributed by atoms with Crippen molar-refractivity contribution in [3.05, 3.63) is 59.4 Å². The molecule has 2 rings (SSSR count). The Hall–Kier alpha value is -2.89. The number of benzene rings is 2. The zero-order valence-electron chi connectivity index (χ0n) is 13.6. The van der Waals surface area contributed by atoms with E-state index in [1.807, 2.05) is 6.92 Å². The van der Waals surface area contributed by atoms with Crippen molar-refractivity contribution in [2.75, 3.05) is 18.5 Å². The molecule has 0 aliphatic heterocycles. The molecule has 0 atom stereocenters. The number of nitrogens with one attached hydrogen (secondary N) is 2. The number of halogens is 1. The highest BCUT2D eigenvalue weighted by Gasteiger charge is 2.14. The molecule has 2 aromatic rings. The summed E-state index contributed by atoms with van der Waals surface area (Å²) in [5.74, 6) is -1.01. The molecule has 5 nitrogen and oxygen atoms in total. The lowest BCUT2D eigenvalue weighted by Crippen LogP contribution is -2.33. The van der Waals surface area contributed by atoms with Crippen LogP contribution in [0, 0.1) is 12.7 Å². The molecule has 2 aromatic carbocycles. The second-order valence-corrected chi connectivity index (χ2v) is 5.09. The van der Waals surface area contributed by atoms with Gasteiger partial charge in [0.05, 0.1) is 24.4 Å². The normalized spacial score (nSPS) is 10.1. The summed E-state index contributed by atoms with van der Waals surface area (Å²) in [7, 11) is 0. The van der Waals surface area contributed by atoms with E-state index in [1.165, 1.54) is 6.07 Å². The number of anilines is 1. The average molecular weight is 330 g/mol. The standard InChI is InChI=1S/C18H19FN2O3/c1-3-24-15-10-5-4-8-13(15)18(23)20-11-16(22)21-17-12(2)7-6-9-14(17)19/h4-10H,3,11H2,1-2H3,(H,20,23)(H,21,22). The van der Waals surface area contributed by atoms with Gasteiger partial charge in [0.15, 0.2) is 0 Å². The van der Waals surface area contributed by atoms with Gasteiger partial charge in [0.2, 0.25) is 5.91 Å². The summed E-state index contributed by atoms with van der Waals surface area (Å²) in [6, 6.07) is 11.3. The predicted molar refractivity (Wildman–Crippen MR) is 89.7 cm³/mol. The topological polar surface area (TPSA) is 67.4 Å². The van der Waals surface area contributed by atoms with Crippen LogP contribution in [0.2, 0.25) is 0 Å². The van der Waals surface area contributed by atoms with Gasteiger partial charge >= 0.3 is 0 Å². The highest BCUT2D eigenvalue weighted by molar-refractivity contribution is 6.01. The summed E-state index contributed by atoms with van der Waals surface area (Å²) in [6.07, 6.45) is 0. The number of hydrogen-bond acceptors (Lipinski definition) is 3. The van der Waals surface area contributed by atoms with Gasteiger partial charge < -0.3 is 15.4 Å². The number of carbonyl (C=O) groups excluding carboxylic acids is 2. The van der Waals surface area contributed by atoms with E-state index >= 15 is 0 Å². The summed E-state index contributed by atoms with van der Waals surface area (Å²) in [5.41, 5.74) is 1.07. The molecule has 0 saturated carbocycles. The van der Waals surface area contributed by atoms with Crippen molar-refractivity contribution in [3.63, 3.8) is 0 Å². The van der Waals surface area contributed by atoms with E-state index in [0.717, 1.165) is 0 Å². The molecule has 6 heteroatoms. The zero-order chi connectivity index (χ0) is 17.5. The molecule has 0 saturated heterocycles. The third-order valence-corrected chi connectivity index (χ3v) is 3.33. The van der Waals surface area contributed by atoms with E-state index in [0.29, 0.717) is 23.5 Å². The van der Waals surface area contributed by atoms with Crippen LogP contribution < -0.4 is 15.4 Å². The molecule has 0 aliphatic rings. The Morgan fingerprint density at radius 1 is 1.12 bits per heavy atom. The van der Waals surface area contributed by atoms with Crippen LogP contribution in [0.25, 0.3) is 0 Å². The van der Waals surface area contributed by atoms with Gasteiger partial charge in [-0.3, -0.25) is 9.59 Å². The Bertz CT molecular complexity index is 727. The Kier molecular flexibility index (Phi) is 5.89. The molecule has 24 heavy (non-hydrogen) atoms. The minimum Gasteiger partial charge on any atom is -0.493 e. The van der Waals surface area contributed by atoms with Gasteiger partial charge in [0.1, 0.15) is 11.6 Å². The maximum Gasteiger partial charge on any atom is 0.255 e. The maximum absolute atomic E-state index is 13.7. The van der Waals surface area contributed by atoms with Crippen LogP contribution in [0.15, 0.2) is 42.5 Å². The Morgan fingerprint density at radius 2 is 1.88 bits per heavy atom. The molecule has 0 radical (unpaired) electrons. The molecule has 0 aromatic heterocycles. The lowest BCUT2D eigenvalue weighted by molar-refractivity contribution is -0.115. The molecule has 2 N–H and O–H groups in total. The van der Waals surface area contributed by atoms with Crippen molar-refractivity contribution in [3.8, 4) is 5.75 Å². The van der Waals surface area contributed by atoms with Crippen LogP contribution in [-0.2, 0) is 4.79 Å². The van der Waals surface area contributed by atoms with Crippen LogP contribution in [0.5, 0.6) is 5.75 Å². The number of hydrogen-bond donors (Lipinski definition) is 2. The van der Waals surface area contributed by atoms with Crippen LogP contribution in [0.3, 0.4) is 0 Å². The number of ether oxygens (including phenoxy) is 1. The van der Waals surface area contributed by atoms with E-state index in [2.05, 4.69) is 10.6 Å². The third-order valence-electron chi connectivity index (χ3n) is 3.33. The fraction of sp³-hybridized carbons (Fsp3) is 0.222. The Balaban J connectivity index is 1.98. The van der Waals surface area contributed by atoms with Gasteiger partial charge in [-0.15, -0.1) is 0 Å². The minimum absolute atomic E-state index is 0.117. The van der Waals surface area contributed by atoms with E-state index < -0.39 is 17.6 Å². The van der Waals surface area contributed by atoms with Crippen molar-refractivity contribution in [2.45, 2.75) is 13.8 Å². The molecule has 0 aliphatic carbocycles. The molecule has 0 bridgehead atoms. The van der Waals surface area contributed by atoms with Gasteiger partial charge in [-0.2, -0.15) is 0 Å². The van der Waals surface area contributed by atoms with Crippen LogP contribution in [0.1, 0.15) is 22.8 Å². The van der Waals surface area contributed by atoms with Crippen molar-refractivity contribution >= 4 is 17.5 Å². The van der Waals surface area contributed by atoms with Crippen molar-refractivity contribution < 1.29 is 18.7 Å². The first-order valence-corrected chi connectivity index (χ1v) is 7.58. The van der Waals surface area contributed by atoms with E-state index in [4.69, 9.17) is 4.74 Å². The first-order valence-electron chi connectivity index (χ1n) is 7.58. The number of carbonyl (C=O) groups is 2. The van der Waals surface area contributed by atoms with Gasteiger partial charge in [-0.05, 0) is 37.6 Å². The zero-order valence-corrected chi connectivity index (χ0v) is 13.6. The fourth-order valence-electron chi connectivity index (χ4n) is 2.17. The van der Waals surface area contributed by atoms with Gasteiger partial charge in [-0.1, -0.05) is 24.3 Å². The van der Waals surface area contributed by atoms with Crippen LogP contribution in [0.4, 0.5) is 10.1 Å². The molecule has 0 heterocycles. The Morgan fingerprint density at radius 3 is 2.58 bits per heavy atom. The van der Waals surface area contributed by atoms with E-state index in [-0.39, 0.29) is 12.2 Å². The highest BCUT2D eigenvalue weighted by atomic mass is 19.1. The van der Waals surface area contributed by atoms with Crippen molar-refractivity contribution in [1.82, 2.24) is 5.32 Å². The second kappa shape index (κ2) is 8.10. The van der Waals surface area contributed by atoms with Gasteiger partial charge in [0, 0.05) is 0 Å². The molecule has 2 amide bonds. The van der Waals surface area contributed by atoms with E-state index in [1.54, 1.807) is 43.3 Å². The van der Waals surface area contributed by atoms with Gasteiger partial charge in [0.25, 0.3) is 5.91 Å². The molecule has 126 valence electrons. The summed E-state index contributed by atoms with van der Waals surface area (Å²) in [6.45, 7) is 3.67. The number of aryl methyl sites for hydroxylation is 1. The third kappa shape index (κ3) is 4.32. The molecule has 0 fully saturated rings. The van der Waals surface area contributed by atoms with Crippen LogP contribution >= 0.6 is 0 Å². The lowest BCUT2D eigenvalue weighted by atomic mass is 10.2. The second-order valence-electron chi connectivity index (χ2n) is 5.09. The highest BCUT2D eigenvalue weighted by Crippen LogP contribution is 2.19. The summed E-state index contributed by atoms with van der Waals surface area (Å²) < 4.78 is 19.1. The quantitative estimate of drug-likeness (QED) is 0.856. The first kappa shape index (κ1) is 17.5. The summed E-state index contributed by atoms with van der Waals surface area (Å²) in [5, 5.41) is 4.97. The molecular weight excluding hydrogens is 311 g/mol. The fourth-order valence-corrected chi connectivity index (χ4v) is 2.17. The summed E-state index contributed by atoms with van der Waals surface area (Å²) >= 11 is 0. The lowest BCUT2D eigenvalue weighted by Gasteiger charge is -2.12. The molecule has 0 spiro atoms. The maximum atomic E-state index is 13.7. The molecular formula is C18H19FN2O3. The molecule has 0 unspecified atom stereocenters. The first-order chi connectivity index (χ1) is 11.5.